The Hall–Kier alpha value is -1.72. The number of morpholine rings is 1. The van der Waals surface area contributed by atoms with Crippen molar-refractivity contribution in [2.24, 2.45) is 4.99 Å². The van der Waals surface area contributed by atoms with Crippen molar-refractivity contribution >= 4 is 28.0 Å². The first-order valence-electron chi connectivity index (χ1n) is 8.43. The molecule has 0 aliphatic carbocycles. The fourth-order valence-corrected chi connectivity index (χ4v) is 3.32. The van der Waals surface area contributed by atoms with Crippen molar-refractivity contribution in [2.45, 2.75) is 20.3 Å². The van der Waals surface area contributed by atoms with Crippen molar-refractivity contribution in [3.8, 4) is 0 Å². The van der Waals surface area contributed by atoms with E-state index in [9.17, 15) is 4.39 Å². The minimum atomic E-state index is -0.186. The van der Waals surface area contributed by atoms with Crippen molar-refractivity contribution in [2.75, 3.05) is 26.3 Å². The lowest BCUT2D eigenvalue weighted by molar-refractivity contribution is 0.0701. The molecular formula is C20H22BrFN2O. The number of nitrogens with zero attached hydrogens (tertiary/aromatic N) is 2. The van der Waals surface area contributed by atoms with Crippen LogP contribution in [0.2, 0.25) is 0 Å². The lowest BCUT2D eigenvalue weighted by atomic mass is 9.97. The topological polar surface area (TPSA) is 24.8 Å². The fourth-order valence-electron chi connectivity index (χ4n) is 2.92. The van der Waals surface area contributed by atoms with Crippen molar-refractivity contribution in [1.82, 2.24) is 4.90 Å². The number of aliphatic imine (C=N–C) groups is 1. The van der Waals surface area contributed by atoms with Crippen LogP contribution in [0.4, 0.5) is 10.1 Å². The van der Waals surface area contributed by atoms with Gasteiger partial charge in [-0.3, -0.25) is 0 Å². The molecule has 0 saturated carbocycles. The number of ether oxygens (including phenoxy) is 1. The third-order valence-corrected chi connectivity index (χ3v) is 5.09. The van der Waals surface area contributed by atoms with Gasteiger partial charge < -0.3 is 9.64 Å². The first kappa shape index (κ1) is 18.1. The maximum absolute atomic E-state index is 14.2. The van der Waals surface area contributed by atoms with Crippen LogP contribution < -0.4 is 0 Å². The predicted octanol–water partition coefficient (Wildman–Crippen LogP) is 4.79. The standard InChI is InChI=1S/C20H22BrFN2O/c1-14-11-19(23-13-24-6-8-25-9-7-24)15(2)10-17(14)12-16-4-3-5-18(21)20(16)22/h3-5,10-11,13H,6-9,12H2,1-2H3. The van der Waals surface area contributed by atoms with Gasteiger partial charge in [0.15, 0.2) is 0 Å². The largest absolute Gasteiger partial charge is 0.378 e. The molecule has 0 amide bonds. The molecule has 1 aliphatic heterocycles. The highest BCUT2D eigenvalue weighted by Crippen LogP contribution is 2.27. The summed E-state index contributed by atoms with van der Waals surface area (Å²) in [5.41, 5.74) is 5.00. The van der Waals surface area contributed by atoms with Crippen LogP contribution in [0.3, 0.4) is 0 Å². The number of benzene rings is 2. The SMILES string of the molecule is Cc1cc(N=CN2CCOCC2)c(C)cc1Cc1cccc(Br)c1F. The van der Waals surface area contributed by atoms with Gasteiger partial charge in [-0.25, -0.2) is 9.38 Å². The van der Waals surface area contributed by atoms with E-state index < -0.39 is 0 Å². The van der Waals surface area contributed by atoms with Gasteiger partial charge in [0.05, 0.1) is 29.7 Å². The van der Waals surface area contributed by atoms with Gasteiger partial charge in [0.1, 0.15) is 5.82 Å². The van der Waals surface area contributed by atoms with Gasteiger partial charge in [-0.05, 0) is 64.2 Å². The van der Waals surface area contributed by atoms with E-state index in [1.807, 2.05) is 25.4 Å². The molecule has 2 aromatic carbocycles. The van der Waals surface area contributed by atoms with Crippen LogP contribution in [-0.4, -0.2) is 37.5 Å². The normalized spacial score (nSPS) is 15.1. The van der Waals surface area contributed by atoms with Crippen molar-refractivity contribution in [3.63, 3.8) is 0 Å². The van der Waals surface area contributed by atoms with Gasteiger partial charge >= 0.3 is 0 Å². The first-order chi connectivity index (χ1) is 12.0. The van der Waals surface area contributed by atoms with Crippen LogP contribution in [0.25, 0.3) is 0 Å². The molecule has 0 bridgehead atoms. The van der Waals surface area contributed by atoms with Gasteiger partial charge in [0.25, 0.3) is 0 Å². The number of hydrogen-bond donors (Lipinski definition) is 0. The van der Waals surface area contributed by atoms with Crippen molar-refractivity contribution in [3.05, 3.63) is 62.9 Å². The zero-order valence-corrected chi connectivity index (χ0v) is 16.1. The summed E-state index contributed by atoms with van der Waals surface area (Å²) in [6, 6.07) is 9.62. The maximum atomic E-state index is 14.2. The number of hydrogen-bond acceptors (Lipinski definition) is 2. The van der Waals surface area contributed by atoms with Crippen LogP contribution in [0.15, 0.2) is 39.8 Å². The molecule has 2 aromatic rings. The number of rotatable bonds is 4. The van der Waals surface area contributed by atoms with Crippen LogP contribution in [0.5, 0.6) is 0 Å². The molecule has 1 fully saturated rings. The van der Waals surface area contributed by atoms with Gasteiger partial charge in [0.2, 0.25) is 0 Å². The Kier molecular flexibility index (Phi) is 5.86. The summed E-state index contributed by atoms with van der Waals surface area (Å²) in [7, 11) is 0. The maximum Gasteiger partial charge on any atom is 0.140 e. The van der Waals surface area contributed by atoms with Gasteiger partial charge in [-0.15, -0.1) is 0 Å². The second kappa shape index (κ2) is 8.11. The Morgan fingerprint density at radius 3 is 2.68 bits per heavy atom. The van der Waals surface area contributed by atoms with Crippen LogP contribution >= 0.6 is 15.9 Å². The molecule has 132 valence electrons. The highest BCUT2D eigenvalue weighted by Gasteiger charge is 2.11. The molecule has 0 atom stereocenters. The third kappa shape index (κ3) is 4.47. The second-order valence-electron chi connectivity index (χ2n) is 6.35. The number of halogens is 2. The lowest BCUT2D eigenvalue weighted by Gasteiger charge is -2.24. The van der Waals surface area contributed by atoms with E-state index >= 15 is 0 Å². The molecule has 25 heavy (non-hydrogen) atoms. The molecule has 1 aliphatic rings. The molecule has 0 aromatic heterocycles. The fraction of sp³-hybridized carbons (Fsp3) is 0.350. The summed E-state index contributed by atoms with van der Waals surface area (Å²) in [5, 5.41) is 0. The van der Waals surface area contributed by atoms with Crippen molar-refractivity contribution < 1.29 is 9.13 Å². The molecule has 0 N–H and O–H groups in total. The summed E-state index contributed by atoms with van der Waals surface area (Å²) < 4.78 is 20.1. The Labute approximate surface area is 156 Å². The molecule has 1 saturated heterocycles. The van der Waals surface area contributed by atoms with Gasteiger partial charge in [-0.2, -0.15) is 0 Å². The van der Waals surface area contributed by atoms with Gasteiger partial charge in [-0.1, -0.05) is 18.2 Å². The minimum absolute atomic E-state index is 0.186. The zero-order valence-electron chi connectivity index (χ0n) is 14.6. The van der Waals surface area contributed by atoms with E-state index in [1.54, 1.807) is 6.07 Å². The average Bonchev–Trinajstić information content (AvgIpc) is 2.61. The molecule has 3 rings (SSSR count). The number of aryl methyl sites for hydroxylation is 2. The Balaban J connectivity index is 1.80. The summed E-state index contributed by atoms with van der Waals surface area (Å²) in [6.07, 6.45) is 2.48. The molecular weight excluding hydrogens is 383 g/mol. The Bertz CT molecular complexity index is 786. The summed E-state index contributed by atoms with van der Waals surface area (Å²) >= 11 is 3.25. The van der Waals surface area contributed by atoms with E-state index in [-0.39, 0.29) is 5.82 Å². The first-order valence-corrected chi connectivity index (χ1v) is 9.23. The molecule has 0 unspecified atom stereocenters. The smallest absolute Gasteiger partial charge is 0.140 e. The van der Waals surface area contributed by atoms with Crippen LogP contribution in [0.1, 0.15) is 22.3 Å². The van der Waals surface area contributed by atoms with E-state index in [2.05, 4.69) is 44.9 Å². The molecule has 0 radical (unpaired) electrons. The zero-order chi connectivity index (χ0) is 17.8. The van der Waals surface area contributed by atoms with Crippen LogP contribution in [0, 0.1) is 19.7 Å². The summed E-state index contributed by atoms with van der Waals surface area (Å²) in [6.45, 7) is 7.36. The Morgan fingerprint density at radius 2 is 1.92 bits per heavy atom. The third-order valence-electron chi connectivity index (χ3n) is 4.47. The predicted molar refractivity (Wildman–Crippen MR) is 103 cm³/mol. The highest BCUT2D eigenvalue weighted by molar-refractivity contribution is 9.10. The molecule has 5 heteroatoms. The lowest BCUT2D eigenvalue weighted by Crippen LogP contribution is -2.35. The molecule has 1 heterocycles. The van der Waals surface area contributed by atoms with Gasteiger partial charge in [0, 0.05) is 19.5 Å². The van der Waals surface area contributed by atoms with Crippen molar-refractivity contribution in [1.29, 1.82) is 0 Å². The van der Waals surface area contributed by atoms with E-state index in [1.165, 1.54) is 0 Å². The van der Waals surface area contributed by atoms with E-state index in [0.717, 1.165) is 48.7 Å². The van der Waals surface area contributed by atoms with E-state index in [0.29, 0.717) is 16.5 Å². The second-order valence-corrected chi connectivity index (χ2v) is 7.20. The monoisotopic (exact) mass is 404 g/mol. The van der Waals surface area contributed by atoms with Crippen LogP contribution in [-0.2, 0) is 11.2 Å². The molecule has 3 nitrogen and oxygen atoms in total. The quantitative estimate of drug-likeness (QED) is 0.540. The highest BCUT2D eigenvalue weighted by atomic mass is 79.9. The van der Waals surface area contributed by atoms with E-state index in [4.69, 9.17) is 4.74 Å². The molecule has 0 spiro atoms. The Morgan fingerprint density at radius 1 is 1.16 bits per heavy atom. The summed E-state index contributed by atoms with van der Waals surface area (Å²) in [4.78, 5) is 6.80. The summed E-state index contributed by atoms with van der Waals surface area (Å²) in [5.74, 6) is -0.186. The average molecular weight is 405 g/mol. The minimum Gasteiger partial charge on any atom is -0.378 e.